The number of nitro benzene ring substituents is 1. The second kappa shape index (κ2) is 6.55. The lowest BCUT2D eigenvalue weighted by Crippen LogP contribution is -1.98. The largest absolute Gasteiger partial charge is 0.494 e. The Balaban J connectivity index is 2.10. The van der Waals surface area contributed by atoms with E-state index in [9.17, 15) is 18.9 Å². The molecule has 0 fully saturated rings. The Kier molecular flexibility index (Phi) is 4.45. The Morgan fingerprint density at radius 1 is 1.20 bits per heavy atom. The number of fused-ring (bicyclic) bond motifs is 1. The van der Waals surface area contributed by atoms with Crippen molar-refractivity contribution in [2.24, 2.45) is 0 Å². The number of hydrogen-bond donors (Lipinski definition) is 0. The number of aromatic nitrogens is 2. The number of benzene rings is 1. The molecule has 128 valence electrons. The summed E-state index contributed by atoms with van der Waals surface area (Å²) in [6.45, 7) is 0. The normalized spacial score (nSPS) is 10.7. The van der Waals surface area contributed by atoms with Crippen LogP contribution in [0.4, 0.5) is 14.5 Å². The summed E-state index contributed by atoms with van der Waals surface area (Å²) in [7, 11) is 1.45. The maximum atomic E-state index is 14.0. The Hall–Kier alpha value is -2.88. The molecule has 0 spiro atoms. The number of halogens is 3. The van der Waals surface area contributed by atoms with Gasteiger partial charge in [0.25, 0.3) is 5.69 Å². The predicted octanol–water partition coefficient (Wildman–Crippen LogP) is 4.38. The summed E-state index contributed by atoms with van der Waals surface area (Å²) in [5, 5.41) is 10.6. The Bertz CT molecular complexity index is 977. The van der Waals surface area contributed by atoms with Crippen molar-refractivity contribution in [3.63, 3.8) is 0 Å². The first-order chi connectivity index (χ1) is 11.9. The Morgan fingerprint density at radius 3 is 2.48 bits per heavy atom. The lowest BCUT2D eigenvalue weighted by Gasteiger charge is -2.11. The van der Waals surface area contributed by atoms with E-state index in [0.717, 1.165) is 0 Å². The Labute approximate surface area is 147 Å². The molecule has 0 aliphatic rings. The molecule has 0 aliphatic carbocycles. The third kappa shape index (κ3) is 3.20. The number of nitro groups is 1. The van der Waals surface area contributed by atoms with Gasteiger partial charge in [-0.1, -0.05) is 0 Å². The SMILES string of the molecule is COc1cc2nccc(Oc3c(F)cc([N+](=O)[O-])cc3F)c2nc1Br. The van der Waals surface area contributed by atoms with Gasteiger partial charge >= 0.3 is 0 Å². The van der Waals surface area contributed by atoms with Crippen molar-refractivity contribution in [3.05, 3.63) is 56.8 Å². The molecule has 0 amide bonds. The van der Waals surface area contributed by atoms with Crippen LogP contribution in [0.1, 0.15) is 0 Å². The minimum absolute atomic E-state index is 0.0278. The third-order valence-electron chi connectivity index (χ3n) is 3.22. The van der Waals surface area contributed by atoms with Crippen molar-refractivity contribution >= 4 is 32.7 Å². The van der Waals surface area contributed by atoms with Crippen LogP contribution in [-0.4, -0.2) is 22.0 Å². The molecule has 0 atom stereocenters. The zero-order valence-electron chi connectivity index (χ0n) is 12.5. The first-order valence-corrected chi connectivity index (χ1v) is 7.50. The van der Waals surface area contributed by atoms with Gasteiger partial charge in [0.15, 0.2) is 28.9 Å². The van der Waals surface area contributed by atoms with Crippen LogP contribution in [0.25, 0.3) is 11.0 Å². The molecule has 2 heterocycles. The highest BCUT2D eigenvalue weighted by Crippen LogP contribution is 2.35. The van der Waals surface area contributed by atoms with Gasteiger partial charge in [-0.2, -0.15) is 0 Å². The van der Waals surface area contributed by atoms with E-state index in [4.69, 9.17) is 9.47 Å². The van der Waals surface area contributed by atoms with E-state index < -0.39 is 28.0 Å². The zero-order chi connectivity index (χ0) is 18.1. The zero-order valence-corrected chi connectivity index (χ0v) is 14.1. The van der Waals surface area contributed by atoms with Crippen molar-refractivity contribution < 1.29 is 23.2 Å². The van der Waals surface area contributed by atoms with Crippen molar-refractivity contribution in [1.29, 1.82) is 0 Å². The summed E-state index contributed by atoms with van der Waals surface area (Å²) in [5.41, 5.74) is -0.111. The molecule has 10 heteroatoms. The highest BCUT2D eigenvalue weighted by molar-refractivity contribution is 9.10. The fraction of sp³-hybridized carbons (Fsp3) is 0.0667. The maximum Gasteiger partial charge on any atom is 0.275 e. The van der Waals surface area contributed by atoms with E-state index in [1.54, 1.807) is 6.07 Å². The number of nitrogens with zero attached hydrogens (tertiary/aromatic N) is 3. The van der Waals surface area contributed by atoms with E-state index in [0.29, 0.717) is 28.0 Å². The molecule has 3 aromatic rings. The van der Waals surface area contributed by atoms with E-state index in [2.05, 4.69) is 25.9 Å². The number of rotatable bonds is 4. The van der Waals surface area contributed by atoms with Gasteiger partial charge in [-0.3, -0.25) is 15.1 Å². The number of hydrogen-bond acceptors (Lipinski definition) is 6. The molecule has 3 rings (SSSR count). The number of non-ortho nitro benzene ring substituents is 1. The van der Waals surface area contributed by atoms with Crippen LogP contribution in [0.3, 0.4) is 0 Å². The van der Waals surface area contributed by atoms with Gasteiger partial charge in [0.05, 0.1) is 29.7 Å². The molecule has 7 nitrogen and oxygen atoms in total. The second-order valence-electron chi connectivity index (χ2n) is 4.76. The minimum Gasteiger partial charge on any atom is -0.494 e. The minimum atomic E-state index is -1.20. The highest BCUT2D eigenvalue weighted by Gasteiger charge is 2.20. The van der Waals surface area contributed by atoms with E-state index in [-0.39, 0.29) is 11.3 Å². The van der Waals surface area contributed by atoms with Crippen molar-refractivity contribution in [3.8, 4) is 17.2 Å². The van der Waals surface area contributed by atoms with Crippen LogP contribution in [0, 0.1) is 21.7 Å². The van der Waals surface area contributed by atoms with E-state index in [1.807, 2.05) is 0 Å². The lowest BCUT2D eigenvalue weighted by atomic mass is 10.2. The summed E-state index contributed by atoms with van der Waals surface area (Å²) in [5.74, 6) is -2.73. The second-order valence-corrected chi connectivity index (χ2v) is 5.51. The van der Waals surface area contributed by atoms with Crippen LogP contribution < -0.4 is 9.47 Å². The smallest absolute Gasteiger partial charge is 0.275 e. The van der Waals surface area contributed by atoms with Gasteiger partial charge in [0.2, 0.25) is 0 Å². The average Bonchev–Trinajstić information content (AvgIpc) is 2.57. The quantitative estimate of drug-likeness (QED) is 0.359. The fourth-order valence-electron chi connectivity index (χ4n) is 2.09. The molecular weight excluding hydrogens is 404 g/mol. The number of methoxy groups -OCH3 is 1. The fourth-order valence-corrected chi connectivity index (χ4v) is 2.55. The van der Waals surface area contributed by atoms with Crippen LogP contribution in [0.15, 0.2) is 35.1 Å². The predicted molar refractivity (Wildman–Crippen MR) is 86.9 cm³/mol. The summed E-state index contributed by atoms with van der Waals surface area (Å²) in [6.07, 6.45) is 1.37. The number of pyridine rings is 2. The maximum absolute atomic E-state index is 14.0. The average molecular weight is 412 g/mol. The lowest BCUT2D eigenvalue weighted by molar-refractivity contribution is -0.385. The van der Waals surface area contributed by atoms with Crippen LogP contribution >= 0.6 is 15.9 Å². The first-order valence-electron chi connectivity index (χ1n) is 6.71. The molecule has 1 aromatic carbocycles. The molecular formula is C15H8BrF2N3O4. The third-order valence-corrected chi connectivity index (χ3v) is 3.79. The van der Waals surface area contributed by atoms with Crippen LogP contribution in [0.2, 0.25) is 0 Å². The standard InChI is InChI=1S/C15H8BrF2N3O4/c1-24-12-6-10-13(20-15(12)16)11(2-3-19-10)25-14-8(17)4-7(21(22)23)5-9(14)18/h2-6H,1H3. The molecule has 0 N–H and O–H groups in total. The molecule has 0 unspecified atom stereocenters. The number of ether oxygens (including phenoxy) is 2. The molecule has 25 heavy (non-hydrogen) atoms. The summed E-state index contributed by atoms with van der Waals surface area (Å²) in [4.78, 5) is 18.0. The molecule has 0 radical (unpaired) electrons. The molecule has 0 aliphatic heterocycles. The van der Waals surface area contributed by atoms with Crippen molar-refractivity contribution in [2.45, 2.75) is 0 Å². The van der Waals surface area contributed by atoms with Gasteiger partial charge < -0.3 is 9.47 Å². The monoisotopic (exact) mass is 411 g/mol. The summed E-state index contributed by atoms with van der Waals surface area (Å²) >= 11 is 3.21. The Morgan fingerprint density at radius 2 is 1.88 bits per heavy atom. The van der Waals surface area contributed by atoms with Gasteiger partial charge in [-0.05, 0) is 15.9 Å². The van der Waals surface area contributed by atoms with Crippen LogP contribution in [-0.2, 0) is 0 Å². The summed E-state index contributed by atoms with van der Waals surface area (Å²) < 4.78 is 38.8. The van der Waals surface area contributed by atoms with Gasteiger partial charge in [-0.15, -0.1) is 0 Å². The molecule has 0 saturated carbocycles. The molecule has 2 aromatic heterocycles. The molecule has 0 bridgehead atoms. The van der Waals surface area contributed by atoms with Crippen molar-refractivity contribution in [2.75, 3.05) is 7.11 Å². The van der Waals surface area contributed by atoms with E-state index in [1.165, 1.54) is 19.4 Å². The molecule has 0 saturated heterocycles. The van der Waals surface area contributed by atoms with E-state index >= 15 is 0 Å². The van der Waals surface area contributed by atoms with Gasteiger partial charge in [0, 0.05) is 18.3 Å². The first kappa shape index (κ1) is 17.0. The highest BCUT2D eigenvalue weighted by atomic mass is 79.9. The van der Waals surface area contributed by atoms with Crippen molar-refractivity contribution in [1.82, 2.24) is 9.97 Å². The topological polar surface area (TPSA) is 87.4 Å². The van der Waals surface area contributed by atoms with Gasteiger partial charge in [-0.25, -0.2) is 13.8 Å². The van der Waals surface area contributed by atoms with Crippen LogP contribution in [0.5, 0.6) is 17.2 Å². The van der Waals surface area contributed by atoms with Gasteiger partial charge in [0.1, 0.15) is 10.1 Å². The summed E-state index contributed by atoms with van der Waals surface area (Å²) in [6, 6.07) is 4.10.